The molecule has 3 aromatic rings. The number of nitrogens with zero attached hydrogens (tertiary/aromatic N) is 4. The molecule has 1 fully saturated rings. The zero-order valence-corrected chi connectivity index (χ0v) is 16.5. The van der Waals surface area contributed by atoms with Crippen molar-refractivity contribution >= 4 is 11.4 Å². The summed E-state index contributed by atoms with van der Waals surface area (Å²) in [6, 6.07) is 6.07. The molecule has 2 N–H and O–H groups in total. The zero-order chi connectivity index (χ0) is 19.7. The molecule has 0 unspecified atom stereocenters. The largest absolute Gasteiger partial charge is 0.494 e. The summed E-state index contributed by atoms with van der Waals surface area (Å²) >= 11 is 0. The van der Waals surface area contributed by atoms with Gasteiger partial charge < -0.3 is 20.1 Å². The van der Waals surface area contributed by atoms with Gasteiger partial charge in [0, 0.05) is 49.0 Å². The molecule has 146 valence electrons. The van der Waals surface area contributed by atoms with E-state index in [9.17, 15) is 0 Å². The minimum Gasteiger partial charge on any atom is -0.494 e. The van der Waals surface area contributed by atoms with Crippen LogP contribution in [-0.2, 0) is 4.74 Å². The number of nitrogens with two attached hydrogens (primary N) is 1. The SMILES string of the molecule is COc1cc(N2CCOCC2)cc(-n2cc(C)nc2-c2ccncc2C)c1N. The predicted molar refractivity (Wildman–Crippen MR) is 110 cm³/mol. The first-order valence-electron chi connectivity index (χ1n) is 9.36. The highest BCUT2D eigenvalue weighted by Crippen LogP contribution is 2.37. The molecule has 4 rings (SSSR count). The van der Waals surface area contributed by atoms with Crippen LogP contribution in [0, 0.1) is 13.8 Å². The topological polar surface area (TPSA) is 78.4 Å². The fraction of sp³-hybridized carbons (Fsp3) is 0.333. The van der Waals surface area contributed by atoms with E-state index < -0.39 is 0 Å². The summed E-state index contributed by atoms with van der Waals surface area (Å²) in [6.07, 6.45) is 5.63. The molecule has 1 aliphatic rings. The molecule has 0 aliphatic carbocycles. The molecule has 1 saturated heterocycles. The lowest BCUT2D eigenvalue weighted by Crippen LogP contribution is -2.36. The smallest absolute Gasteiger partial charge is 0.145 e. The van der Waals surface area contributed by atoms with Gasteiger partial charge in [0.15, 0.2) is 0 Å². The summed E-state index contributed by atoms with van der Waals surface area (Å²) in [7, 11) is 1.64. The summed E-state index contributed by atoms with van der Waals surface area (Å²) in [4.78, 5) is 11.2. The van der Waals surface area contributed by atoms with E-state index in [0.717, 1.165) is 47.1 Å². The van der Waals surface area contributed by atoms with Gasteiger partial charge in [0.1, 0.15) is 11.6 Å². The number of hydrogen-bond acceptors (Lipinski definition) is 6. The second-order valence-electron chi connectivity index (χ2n) is 6.95. The zero-order valence-electron chi connectivity index (χ0n) is 16.5. The summed E-state index contributed by atoms with van der Waals surface area (Å²) in [5.74, 6) is 1.49. The average Bonchev–Trinajstić information content (AvgIpc) is 3.10. The van der Waals surface area contributed by atoms with E-state index in [4.69, 9.17) is 20.2 Å². The third-order valence-electron chi connectivity index (χ3n) is 5.05. The minimum atomic E-state index is 0.588. The van der Waals surface area contributed by atoms with Crippen molar-refractivity contribution in [1.29, 1.82) is 0 Å². The number of ether oxygens (including phenoxy) is 2. The lowest BCUT2D eigenvalue weighted by molar-refractivity contribution is 0.122. The summed E-state index contributed by atoms with van der Waals surface area (Å²) in [6.45, 7) is 7.12. The number of hydrogen-bond donors (Lipinski definition) is 1. The predicted octanol–water partition coefficient (Wildman–Crippen LogP) is 2.98. The van der Waals surface area contributed by atoms with Gasteiger partial charge in [-0.1, -0.05) is 0 Å². The molecule has 7 nitrogen and oxygen atoms in total. The van der Waals surface area contributed by atoms with Crippen molar-refractivity contribution in [2.24, 2.45) is 0 Å². The summed E-state index contributed by atoms with van der Waals surface area (Å²) < 4.78 is 13.1. The van der Waals surface area contributed by atoms with Crippen LogP contribution in [0.4, 0.5) is 11.4 Å². The summed E-state index contributed by atoms with van der Waals surface area (Å²) in [5.41, 5.74) is 12.0. The molecule has 0 bridgehead atoms. The lowest BCUT2D eigenvalue weighted by Gasteiger charge is -2.30. The van der Waals surface area contributed by atoms with Crippen LogP contribution >= 0.6 is 0 Å². The first-order valence-corrected chi connectivity index (χ1v) is 9.36. The van der Waals surface area contributed by atoms with Crippen molar-refractivity contribution in [3.05, 3.63) is 48.0 Å². The Morgan fingerprint density at radius 2 is 1.96 bits per heavy atom. The van der Waals surface area contributed by atoms with Crippen molar-refractivity contribution in [3.63, 3.8) is 0 Å². The Labute approximate surface area is 164 Å². The Balaban J connectivity index is 1.89. The number of anilines is 2. The number of pyridine rings is 1. The molecule has 2 aromatic heterocycles. The molecule has 0 atom stereocenters. The van der Waals surface area contributed by atoms with Crippen molar-refractivity contribution in [3.8, 4) is 22.8 Å². The molecule has 0 spiro atoms. The van der Waals surface area contributed by atoms with Gasteiger partial charge in [-0.25, -0.2) is 4.98 Å². The highest BCUT2D eigenvalue weighted by Gasteiger charge is 2.20. The lowest BCUT2D eigenvalue weighted by atomic mass is 10.1. The van der Waals surface area contributed by atoms with Gasteiger partial charge in [-0.3, -0.25) is 9.55 Å². The first kappa shape index (κ1) is 18.3. The number of morpholine rings is 1. The first-order chi connectivity index (χ1) is 13.6. The number of benzene rings is 1. The van der Waals surface area contributed by atoms with Crippen LogP contribution in [0.1, 0.15) is 11.3 Å². The fourth-order valence-electron chi connectivity index (χ4n) is 3.57. The van der Waals surface area contributed by atoms with E-state index in [1.807, 2.05) is 42.9 Å². The van der Waals surface area contributed by atoms with Gasteiger partial charge in [0.05, 0.1) is 37.4 Å². The monoisotopic (exact) mass is 379 g/mol. The number of rotatable bonds is 4. The Kier molecular flexibility index (Phi) is 4.92. The number of aromatic nitrogens is 3. The molecule has 0 saturated carbocycles. The molecule has 1 aliphatic heterocycles. The highest BCUT2D eigenvalue weighted by atomic mass is 16.5. The van der Waals surface area contributed by atoms with Crippen LogP contribution in [0.2, 0.25) is 0 Å². The van der Waals surface area contributed by atoms with E-state index >= 15 is 0 Å². The number of imidazole rings is 1. The molecular formula is C21H25N5O2. The highest BCUT2D eigenvalue weighted by molar-refractivity contribution is 5.76. The van der Waals surface area contributed by atoms with E-state index in [1.165, 1.54) is 0 Å². The molecule has 0 amide bonds. The van der Waals surface area contributed by atoms with Gasteiger partial charge in [-0.05, 0) is 31.5 Å². The van der Waals surface area contributed by atoms with Crippen LogP contribution in [0.15, 0.2) is 36.8 Å². The number of nitrogen functional groups attached to an aromatic ring is 1. The van der Waals surface area contributed by atoms with E-state index in [0.29, 0.717) is 24.7 Å². The van der Waals surface area contributed by atoms with Crippen molar-refractivity contribution in [2.75, 3.05) is 44.0 Å². The standard InChI is InChI=1S/C21H25N5O2/c1-14-12-23-5-4-17(14)21-24-15(2)13-26(21)18-10-16(11-19(27-3)20(18)22)25-6-8-28-9-7-25/h4-5,10-13H,6-9,22H2,1-3H3. The van der Waals surface area contributed by atoms with Crippen molar-refractivity contribution in [1.82, 2.24) is 14.5 Å². The number of methoxy groups -OCH3 is 1. The van der Waals surface area contributed by atoms with Crippen molar-refractivity contribution in [2.45, 2.75) is 13.8 Å². The molecule has 7 heteroatoms. The van der Waals surface area contributed by atoms with Crippen LogP contribution in [0.5, 0.6) is 5.75 Å². The Morgan fingerprint density at radius 1 is 1.18 bits per heavy atom. The van der Waals surface area contributed by atoms with Crippen LogP contribution < -0.4 is 15.4 Å². The molecule has 0 radical (unpaired) electrons. The maximum atomic E-state index is 6.49. The minimum absolute atomic E-state index is 0.588. The van der Waals surface area contributed by atoms with Crippen LogP contribution in [0.3, 0.4) is 0 Å². The van der Waals surface area contributed by atoms with Gasteiger partial charge in [0.2, 0.25) is 0 Å². The average molecular weight is 379 g/mol. The Hall–Kier alpha value is -3.06. The second-order valence-corrected chi connectivity index (χ2v) is 6.95. The Bertz CT molecular complexity index is 992. The van der Waals surface area contributed by atoms with Gasteiger partial charge in [0.25, 0.3) is 0 Å². The summed E-state index contributed by atoms with van der Waals surface area (Å²) in [5, 5.41) is 0. The molecular weight excluding hydrogens is 354 g/mol. The van der Waals surface area contributed by atoms with Gasteiger partial charge in [-0.15, -0.1) is 0 Å². The Morgan fingerprint density at radius 3 is 2.68 bits per heavy atom. The third kappa shape index (κ3) is 3.29. The van der Waals surface area contributed by atoms with E-state index in [-0.39, 0.29) is 0 Å². The normalized spacial score (nSPS) is 14.3. The molecule has 28 heavy (non-hydrogen) atoms. The third-order valence-corrected chi connectivity index (χ3v) is 5.05. The van der Waals surface area contributed by atoms with Crippen molar-refractivity contribution < 1.29 is 9.47 Å². The van der Waals surface area contributed by atoms with E-state index in [1.54, 1.807) is 13.3 Å². The van der Waals surface area contributed by atoms with Crippen LogP contribution in [-0.4, -0.2) is 47.9 Å². The maximum absolute atomic E-state index is 6.49. The molecule has 3 heterocycles. The number of aryl methyl sites for hydroxylation is 2. The van der Waals surface area contributed by atoms with Crippen LogP contribution in [0.25, 0.3) is 17.1 Å². The fourth-order valence-corrected chi connectivity index (χ4v) is 3.57. The quantitative estimate of drug-likeness (QED) is 0.702. The molecule has 1 aromatic carbocycles. The second kappa shape index (κ2) is 7.52. The van der Waals surface area contributed by atoms with Gasteiger partial charge >= 0.3 is 0 Å². The van der Waals surface area contributed by atoms with E-state index in [2.05, 4.69) is 16.0 Å². The van der Waals surface area contributed by atoms with Gasteiger partial charge in [-0.2, -0.15) is 0 Å². The maximum Gasteiger partial charge on any atom is 0.145 e.